The summed E-state index contributed by atoms with van der Waals surface area (Å²) in [5, 5.41) is 0. The molecule has 114 valence electrons. The van der Waals surface area contributed by atoms with E-state index in [9.17, 15) is 4.79 Å². The van der Waals surface area contributed by atoms with Crippen LogP contribution in [-0.4, -0.2) is 38.8 Å². The first-order valence-electron chi connectivity index (χ1n) is 7.35. The van der Waals surface area contributed by atoms with Crippen LogP contribution >= 0.6 is 0 Å². The molecule has 6 nitrogen and oxygen atoms in total. The molecule has 1 aliphatic rings. The van der Waals surface area contributed by atoms with Crippen molar-refractivity contribution in [3.8, 4) is 11.1 Å². The van der Waals surface area contributed by atoms with Crippen molar-refractivity contribution in [2.24, 2.45) is 0 Å². The van der Waals surface area contributed by atoms with Gasteiger partial charge >= 0.3 is 0 Å². The van der Waals surface area contributed by atoms with Gasteiger partial charge in [0.1, 0.15) is 11.6 Å². The summed E-state index contributed by atoms with van der Waals surface area (Å²) in [6, 6.07) is 3.74. The van der Waals surface area contributed by atoms with Crippen LogP contribution in [0, 0.1) is 6.92 Å². The molecule has 2 aromatic rings. The van der Waals surface area contributed by atoms with Crippen molar-refractivity contribution in [1.29, 1.82) is 0 Å². The smallest absolute Gasteiger partial charge is 0.219 e. The normalized spacial score (nSPS) is 17.7. The molecule has 22 heavy (non-hydrogen) atoms. The minimum atomic E-state index is 0.114. The molecule has 0 saturated carbocycles. The number of nitrogens with zero attached hydrogens (tertiary/aromatic N) is 4. The van der Waals surface area contributed by atoms with E-state index in [0.717, 1.165) is 35.6 Å². The molecule has 1 saturated heterocycles. The third-order valence-corrected chi connectivity index (χ3v) is 4.05. The first kappa shape index (κ1) is 14.4. The number of nitrogen functional groups attached to an aromatic ring is 1. The summed E-state index contributed by atoms with van der Waals surface area (Å²) in [7, 11) is 0. The third kappa shape index (κ3) is 2.77. The van der Waals surface area contributed by atoms with Gasteiger partial charge in [-0.05, 0) is 31.0 Å². The number of carbonyl (C=O) groups excluding carboxylic acids is 1. The molecule has 3 heterocycles. The Morgan fingerprint density at radius 3 is 2.91 bits per heavy atom. The molecule has 6 heteroatoms. The third-order valence-electron chi connectivity index (χ3n) is 4.05. The van der Waals surface area contributed by atoms with E-state index in [2.05, 4.69) is 15.0 Å². The number of rotatable bonds is 2. The Morgan fingerprint density at radius 1 is 1.41 bits per heavy atom. The minimum Gasteiger partial charge on any atom is -0.384 e. The number of nitrogens with two attached hydrogens (primary N) is 1. The van der Waals surface area contributed by atoms with Crippen molar-refractivity contribution in [3.05, 3.63) is 36.0 Å². The predicted molar refractivity (Wildman–Crippen MR) is 84.0 cm³/mol. The lowest BCUT2D eigenvalue weighted by atomic mass is 9.96. The fourth-order valence-corrected chi connectivity index (χ4v) is 2.91. The Hall–Kier alpha value is -2.50. The average molecular weight is 297 g/mol. The van der Waals surface area contributed by atoms with Gasteiger partial charge in [-0.15, -0.1) is 0 Å². The van der Waals surface area contributed by atoms with E-state index in [-0.39, 0.29) is 11.8 Å². The molecule has 1 fully saturated rings. The van der Waals surface area contributed by atoms with Gasteiger partial charge in [0.15, 0.2) is 0 Å². The summed E-state index contributed by atoms with van der Waals surface area (Å²) < 4.78 is 0. The van der Waals surface area contributed by atoms with Crippen LogP contribution in [0.5, 0.6) is 0 Å². The highest BCUT2D eigenvalue weighted by atomic mass is 16.2. The van der Waals surface area contributed by atoms with Crippen molar-refractivity contribution in [2.45, 2.75) is 26.2 Å². The molecule has 0 aliphatic carbocycles. The summed E-state index contributed by atoms with van der Waals surface area (Å²) in [5.74, 6) is 1.56. The van der Waals surface area contributed by atoms with Crippen molar-refractivity contribution in [3.63, 3.8) is 0 Å². The molecule has 0 bridgehead atoms. The SMILES string of the molecule is CC(=O)N1CCC(c2nc(C)ncc2-c2ccnc(N)c2)C1. The quantitative estimate of drug-likeness (QED) is 0.913. The largest absolute Gasteiger partial charge is 0.384 e. The van der Waals surface area contributed by atoms with E-state index in [1.165, 1.54) is 0 Å². The van der Waals surface area contributed by atoms with Crippen LogP contribution in [0.3, 0.4) is 0 Å². The standard InChI is InChI=1S/C16H19N5O/c1-10-19-8-14(12-3-5-18-15(17)7-12)16(20-10)13-4-6-21(9-13)11(2)22/h3,5,7-8,13H,4,6,9H2,1-2H3,(H2,17,18). The number of aromatic nitrogens is 3. The second-order valence-electron chi connectivity index (χ2n) is 5.64. The molecule has 0 radical (unpaired) electrons. The first-order chi connectivity index (χ1) is 10.5. The lowest BCUT2D eigenvalue weighted by molar-refractivity contribution is -0.127. The van der Waals surface area contributed by atoms with E-state index in [4.69, 9.17) is 5.73 Å². The Bertz CT molecular complexity index is 715. The molecule has 2 N–H and O–H groups in total. The van der Waals surface area contributed by atoms with Crippen LogP contribution in [0.15, 0.2) is 24.5 Å². The van der Waals surface area contributed by atoms with Crippen molar-refractivity contribution in [2.75, 3.05) is 18.8 Å². The number of anilines is 1. The minimum absolute atomic E-state index is 0.114. The van der Waals surface area contributed by atoms with Crippen LogP contribution in [0.25, 0.3) is 11.1 Å². The van der Waals surface area contributed by atoms with Crippen LogP contribution in [0.1, 0.15) is 30.8 Å². The Kier molecular flexibility index (Phi) is 3.75. The van der Waals surface area contributed by atoms with E-state index in [0.29, 0.717) is 12.4 Å². The van der Waals surface area contributed by atoms with Gasteiger partial charge in [-0.2, -0.15) is 0 Å². The maximum Gasteiger partial charge on any atom is 0.219 e. The summed E-state index contributed by atoms with van der Waals surface area (Å²) >= 11 is 0. The highest BCUT2D eigenvalue weighted by Gasteiger charge is 2.28. The van der Waals surface area contributed by atoms with Gasteiger partial charge in [0, 0.05) is 43.9 Å². The highest BCUT2D eigenvalue weighted by molar-refractivity contribution is 5.74. The summed E-state index contributed by atoms with van der Waals surface area (Å²) in [5.41, 5.74) is 8.70. The zero-order valence-corrected chi connectivity index (χ0v) is 12.8. The van der Waals surface area contributed by atoms with Crippen LogP contribution in [0.2, 0.25) is 0 Å². The van der Waals surface area contributed by atoms with Gasteiger partial charge in [0.2, 0.25) is 5.91 Å². The number of hydrogen-bond donors (Lipinski definition) is 1. The zero-order valence-electron chi connectivity index (χ0n) is 12.8. The van der Waals surface area contributed by atoms with Crippen LogP contribution in [0.4, 0.5) is 5.82 Å². The molecule has 1 aliphatic heterocycles. The predicted octanol–water partition coefficient (Wildman–Crippen LogP) is 1.77. The number of aryl methyl sites for hydroxylation is 1. The molecule has 1 unspecified atom stereocenters. The van der Waals surface area contributed by atoms with Crippen molar-refractivity contribution in [1.82, 2.24) is 19.9 Å². The lowest BCUT2D eigenvalue weighted by Crippen LogP contribution is -2.25. The number of amides is 1. The molecule has 3 rings (SSSR count). The number of hydrogen-bond acceptors (Lipinski definition) is 5. The fraction of sp³-hybridized carbons (Fsp3) is 0.375. The van der Waals surface area contributed by atoms with E-state index in [1.807, 2.05) is 30.2 Å². The zero-order chi connectivity index (χ0) is 15.7. The molecular weight excluding hydrogens is 278 g/mol. The van der Waals surface area contributed by atoms with Crippen LogP contribution in [-0.2, 0) is 4.79 Å². The molecule has 0 spiro atoms. The number of pyridine rings is 1. The van der Waals surface area contributed by atoms with Gasteiger partial charge < -0.3 is 10.6 Å². The Morgan fingerprint density at radius 2 is 2.23 bits per heavy atom. The topological polar surface area (TPSA) is 85.0 Å². The number of likely N-dealkylation sites (tertiary alicyclic amines) is 1. The molecular formula is C16H19N5O. The first-order valence-corrected chi connectivity index (χ1v) is 7.35. The van der Waals surface area contributed by atoms with Gasteiger partial charge in [0.25, 0.3) is 0 Å². The maximum atomic E-state index is 11.6. The van der Waals surface area contributed by atoms with Gasteiger partial charge in [0.05, 0.1) is 5.69 Å². The second-order valence-corrected chi connectivity index (χ2v) is 5.64. The Balaban J connectivity index is 2.00. The van der Waals surface area contributed by atoms with Crippen molar-refractivity contribution < 1.29 is 4.79 Å². The highest BCUT2D eigenvalue weighted by Crippen LogP contribution is 2.33. The van der Waals surface area contributed by atoms with E-state index >= 15 is 0 Å². The molecule has 1 amide bonds. The summed E-state index contributed by atoms with van der Waals surface area (Å²) in [6.45, 7) is 4.98. The Labute approximate surface area is 129 Å². The summed E-state index contributed by atoms with van der Waals surface area (Å²) in [6.07, 6.45) is 4.44. The van der Waals surface area contributed by atoms with Crippen molar-refractivity contribution >= 4 is 11.7 Å². The van der Waals surface area contributed by atoms with E-state index < -0.39 is 0 Å². The van der Waals surface area contributed by atoms with Crippen LogP contribution < -0.4 is 5.73 Å². The fourth-order valence-electron chi connectivity index (χ4n) is 2.91. The molecule has 2 aromatic heterocycles. The number of carbonyl (C=O) groups is 1. The average Bonchev–Trinajstić information content (AvgIpc) is 2.97. The molecule has 1 atom stereocenters. The van der Waals surface area contributed by atoms with Gasteiger partial charge in [-0.1, -0.05) is 0 Å². The van der Waals surface area contributed by atoms with Gasteiger partial charge in [-0.3, -0.25) is 4.79 Å². The maximum absolute atomic E-state index is 11.6. The van der Waals surface area contributed by atoms with Gasteiger partial charge in [-0.25, -0.2) is 15.0 Å². The molecule has 0 aromatic carbocycles. The second kappa shape index (κ2) is 5.71. The lowest BCUT2D eigenvalue weighted by Gasteiger charge is -2.16. The monoisotopic (exact) mass is 297 g/mol. The van der Waals surface area contributed by atoms with E-state index in [1.54, 1.807) is 13.1 Å². The summed E-state index contributed by atoms with van der Waals surface area (Å²) in [4.78, 5) is 26.4.